The van der Waals surface area contributed by atoms with E-state index in [1.807, 2.05) is 11.3 Å². The van der Waals surface area contributed by atoms with Gasteiger partial charge in [-0.1, -0.05) is 18.2 Å². The van der Waals surface area contributed by atoms with Gasteiger partial charge in [0.25, 0.3) is 0 Å². The van der Waals surface area contributed by atoms with E-state index in [0.717, 1.165) is 5.92 Å². The molecular formula is C13H15NS. The van der Waals surface area contributed by atoms with Crippen molar-refractivity contribution >= 4 is 27.1 Å². The molecular weight excluding hydrogens is 202 g/mol. The van der Waals surface area contributed by atoms with Gasteiger partial charge in [-0.25, -0.2) is 0 Å². The molecule has 1 atom stereocenters. The van der Waals surface area contributed by atoms with Crippen LogP contribution in [0.4, 0.5) is 5.69 Å². The van der Waals surface area contributed by atoms with Gasteiger partial charge in [0.05, 0.1) is 5.69 Å². The van der Waals surface area contributed by atoms with E-state index in [9.17, 15) is 0 Å². The van der Waals surface area contributed by atoms with Crippen LogP contribution in [0.3, 0.4) is 0 Å². The van der Waals surface area contributed by atoms with E-state index in [1.54, 1.807) is 0 Å². The van der Waals surface area contributed by atoms with Crippen LogP contribution >= 0.6 is 11.3 Å². The number of anilines is 1. The van der Waals surface area contributed by atoms with Gasteiger partial charge >= 0.3 is 0 Å². The first kappa shape index (κ1) is 9.22. The SMILES string of the molecule is CC(Nc1csc2ccccc12)C1CC1. The maximum atomic E-state index is 3.64. The molecule has 78 valence electrons. The standard InChI is InChI=1S/C13H15NS/c1-9(10-6-7-10)14-12-8-15-13-5-3-2-4-11(12)13/h2-5,8-10,14H,6-7H2,1H3. The van der Waals surface area contributed by atoms with Crippen molar-refractivity contribution < 1.29 is 0 Å². The van der Waals surface area contributed by atoms with Gasteiger partial charge in [0.15, 0.2) is 0 Å². The number of thiophene rings is 1. The lowest BCUT2D eigenvalue weighted by molar-refractivity contribution is 0.695. The van der Waals surface area contributed by atoms with Crippen molar-refractivity contribution in [3.05, 3.63) is 29.6 Å². The average Bonchev–Trinajstić information content (AvgIpc) is 3.03. The van der Waals surface area contributed by atoms with E-state index in [1.165, 1.54) is 28.6 Å². The molecule has 15 heavy (non-hydrogen) atoms. The van der Waals surface area contributed by atoms with Gasteiger partial charge in [0.2, 0.25) is 0 Å². The molecule has 0 bridgehead atoms. The number of rotatable bonds is 3. The van der Waals surface area contributed by atoms with Crippen LogP contribution in [0.2, 0.25) is 0 Å². The second kappa shape index (κ2) is 3.53. The fraction of sp³-hybridized carbons (Fsp3) is 0.385. The van der Waals surface area contributed by atoms with Gasteiger partial charge in [-0.05, 0) is 31.7 Å². The van der Waals surface area contributed by atoms with Crippen molar-refractivity contribution in [2.24, 2.45) is 5.92 Å². The Hall–Kier alpha value is -1.02. The van der Waals surface area contributed by atoms with Gasteiger partial charge in [0.1, 0.15) is 0 Å². The Labute approximate surface area is 94.1 Å². The molecule has 3 rings (SSSR count). The Morgan fingerprint density at radius 1 is 1.33 bits per heavy atom. The zero-order valence-corrected chi connectivity index (χ0v) is 9.68. The number of hydrogen-bond donors (Lipinski definition) is 1. The molecule has 1 aromatic heterocycles. The Kier molecular flexibility index (Phi) is 2.17. The highest BCUT2D eigenvalue weighted by Gasteiger charge is 2.28. The van der Waals surface area contributed by atoms with Crippen molar-refractivity contribution in [3.8, 4) is 0 Å². The molecule has 1 nitrogen and oxygen atoms in total. The normalized spacial score (nSPS) is 17.9. The molecule has 0 radical (unpaired) electrons. The monoisotopic (exact) mass is 217 g/mol. The zero-order chi connectivity index (χ0) is 10.3. The molecule has 1 aliphatic carbocycles. The summed E-state index contributed by atoms with van der Waals surface area (Å²) in [6.45, 7) is 2.30. The third-order valence-electron chi connectivity index (χ3n) is 3.19. The van der Waals surface area contributed by atoms with Gasteiger partial charge in [-0.15, -0.1) is 11.3 Å². The third-order valence-corrected chi connectivity index (χ3v) is 4.16. The molecule has 1 fully saturated rings. The molecule has 0 saturated heterocycles. The topological polar surface area (TPSA) is 12.0 Å². The Morgan fingerprint density at radius 2 is 2.13 bits per heavy atom. The van der Waals surface area contributed by atoms with Crippen molar-refractivity contribution in [3.63, 3.8) is 0 Å². The number of fused-ring (bicyclic) bond motifs is 1. The van der Waals surface area contributed by atoms with Crippen LogP contribution < -0.4 is 5.32 Å². The summed E-state index contributed by atoms with van der Waals surface area (Å²) < 4.78 is 1.38. The first-order valence-electron chi connectivity index (χ1n) is 5.57. The Bertz CT molecular complexity index is 470. The smallest absolute Gasteiger partial charge is 0.0531 e. The molecule has 1 aliphatic rings. The van der Waals surface area contributed by atoms with E-state index < -0.39 is 0 Å². The summed E-state index contributed by atoms with van der Waals surface area (Å²) in [5, 5.41) is 7.25. The molecule has 2 heteroatoms. The fourth-order valence-electron chi connectivity index (χ4n) is 2.05. The first-order valence-corrected chi connectivity index (χ1v) is 6.45. The summed E-state index contributed by atoms with van der Waals surface area (Å²) in [4.78, 5) is 0. The Morgan fingerprint density at radius 3 is 2.93 bits per heavy atom. The lowest BCUT2D eigenvalue weighted by atomic mass is 10.2. The molecule has 1 aromatic carbocycles. The predicted octanol–water partition coefficient (Wildman–Crippen LogP) is 4.11. The summed E-state index contributed by atoms with van der Waals surface area (Å²) in [6.07, 6.45) is 2.80. The molecule has 1 unspecified atom stereocenters. The number of hydrogen-bond acceptors (Lipinski definition) is 2. The van der Waals surface area contributed by atoms with E-state index in [4.69, 9.17) is 0 Å². The Balaban J connectivity index is 1.90. The van der Waals surface area contributed by atoms with Crippen LogP contribution in [0.5, 0.6) is 0 Å². The highest BCUT2D eigenvalue weighted by molar-refractivity contribution is 7.17. The van der Waals surface area contributed by atoms with Crippen LogP contribution in [0.15, 0.2) is 29.6 Å². The second-order valence-electron chi connectivity index (χ2n) is 4.42. The van der Waals surface area contributed by atoms with Crippen LogP contribution in [-0.4, -0.2) is 6.04 Å². The highest BCUT2D eigenvalue weighted by Crippen LogP contribution is 2.36. The summed E-state index contributed by atoms with van der Waals surface area (Å²) >= 11 is 1.83. The van der Waals surface area contributed by atoms with Gasteiger partial charge in [-0.3, -0.25) is 0 Å². The molecule has 0 aliphatic heterocycles. The molecule has 0 amide bonds. The minimum absolute atomic E-state index is 0.628. The van der Waals surface area contributed by atoms with Crippen LogP contribution in [-0.2, 0) is 0 Å². The minimum Gasteiger partial charge on any atom is -0.381 e. The fourth-order valence-corrected chi connectivity index (χ4v) is 2.95. The van der Waals surface area contributed by atoms with Crippen LogP contribution in [0, 0.1) is 5.92 Å². The van der Waals surface area contributed by atoms with Crippen molar-refractivity contribution in [1.29, 1.82) is 0 Å². The summed E-state index contributed by atoms with van der Waals surface area (Å²) in [7, 11) is 0. The molecule has 1 saturated carbocycles. The highest BCUT2D eigenvalue weighted by atomic mass is 32.1. The molecule has 1 heterocycles. The van der Waals surface area contributed by atoms with E-state index in [0.29, 0.717) is 6.04 Å². The maximum Gasteiger partial charge on any atom is 0.0531 e. The van der Waals surface area contributed by atoms with Gasteiger partial charge < -0.3 is 5.32 Å². The molecule has 1 N–H and O–H groups in total. The molecule has 2 aromatic rings. The van der Waals surface area contributed by atoms with Gasteiger partial charge in [-0.2, -0.15) is 0 Å². The summed E-state index contributed by atoms with van der Waals surface area (Å²) in [5.74, 6) is 0.906. The van der Waals surface area contributed by atoms with Gasteiger partial charge in [0, 0.05) is 21.5 Å². The maximum absolute atomic E-state index is 3.64. The lowest BCUT2D eigenvalue weighted by Gasteiger charge is -2.13. The van der Waals surface area contributed by atoms with Crippen molar-refractivity contribution in [2.45, 2.75) is 25.8 Å². The van der Waals surface area contributed by atoms with Crippen LogP contribution in [0.1, 0.15) is 19.8 Å². The number of nitrogens with one attached hydrogen (secondary N) is 1. The van der Waals surface area contributed by atoms with E-state index in [-0.39, 0.29) is 0 Å². The second-order valence-corrected chi connectivity index (χ2v) is 5.33. The number of benzene rings is 1. The lowest BCUT2D eigenvalue weighted by Crippen LogP contribution is -2.16. The van der Waals surface area contributed by atoms with Crippen molar-refractivity contribution in [1.82, 2.24) is 0 Å². The predicted molar refractivity (Wildman–Crippen MR) is 67.6 cm³/mol. The minimum atomic E-state index is 0.628. The van der Waals surface area contributed by atoms with Crippen LogP contribution in [0.25, 0.3) is 10.1 Å². The summed E-state index contributed by atoms with van der Waals surface area (Å²) in [6, 6.07) is 9.23. The zero-order valence-electron chi connectivity index (χ0n) is 8.86. The van der Waals surface area contributed by atoms with E-state index in [2.05, 4.69) is 41.9 Å². The largest absolute Gasteiger partial charge is 0.381 e. The third kappa shape index (κ3) is 1.74. The first-order chi connectivity index (χ1) is 7.34. The average molecular weight is 217 g/mol. The van der Waals surface area contributed by atoms with Crippen molar-refractivity contribution in [2.75, 3.05) is 5.32 Å². The molecule has 0 spiro atoms. The summed E-state index contributed by atoms with van der Waals surface area (Å²) in [5.41, 5.74) is 1.31. The quantitative estimate of drug-likeness (QED) is 0.815. The van der Waals surface area contributed by atoms with E-state index >= 15 is 0 Å².